The molecule has 0 aliphatic carbocycles. The van der Waals surface area contributed by atoms with E-state index in [-0.39, 0.29) is 6.10 Å². The van der Waals surface area contributed by atoms with Crippen molar-refractivity contribution in [2.45, 2.75) is 26.5 Å². The van der Waals surface area contributed by atoms with E-state index < -0.39 is 0 Å². The summed E-state index contributed by atoms with van der Waals surface area (Å²) in [5.41, 5.74) is 2.24. The zero-order valence-corrected chi connectivity index (χ0v) is 13.4. The Bertz CT molecular complexity index is 583. The van der Waals surface area contributed by atoms with Gasteiger partial charge in [-0.05, 0) is 33.0 Å². The molecule has 0 amide bonds. The molecule has 4 heteroatoms. The number of nitrogens with one attached hydrogen (secondary N) is 1. The van der Waals surface area contributed by atoms with E-state index >= 15 is 0 Å². The lowest BCUT2D eigenvalue weighted by Gasteiger charge is -2.19. The van der Waals surface area contributed by atoms with Crippen LogP contribution in [0.4, 0.5) is 5.82 Å². The van der Waals surface area contributed by atoms with Crippen LogP contribution in [0.1, 0.15) is 19.4 Å². The quantitative estimate of drug-likeness (QED) is 0.849. The van der Waals surface area contributed by atoms with Crippen LogP contribution in [0.15, 0.2) is 30.3 Å². The lowest BCUT2D eigenvalue weighted by molar-refractivity contribution is 0.0627. The predicted molar refractivity (Wildman–Crippen MR) is 88.7 cm³/mol. The molecule has 2 rings (SSSR count). The summed E-state index contributed by atoms with van der Waals surface area (Å²) in [6, 6.07) is 10.4. The number of aromatic nitrogens is 1. The first-order valence-corrected chi connectivity index (χ1v) is 7.46. The molecular formula is C17H25N3O. The highest BCUT2D eigenvalue weighted by atomic mass is 16.5. The molecule has 0 atom stereocenters. The molecule has 21 heavy (non-hydrogen) atoms. The largest absolute Gasteiger partial charge is 0.377 e. The molecule has 4 nitrogen and oxygen atoms in total. The predicted octanol–water partition coefficient (Wildman–Crippen LogP) is 3.13. The number of para-hydroxylation sites is 1. The van der Waals surface area contributed by atoms with Gasteiger partial charge in [0.1, 0.15) is 5.82 Å². The fraction of sp³-hybridized carbons (Fsp3) is 0.471. The molecule has 2 aromatic rings. The average Bonchev–Trinajstić information content (AvgIpc) is 2.46. The van der Waals surface area contributed by atoms with Gasteiger partial charge in [-0.3, -0.25) is 4.90 Å². The monoisotopic (exact) mass is 287 g/mol. The number of rotatable bonds is 7. The number of benzene rings is 1. The summed E-state index contributed by atoms with van der Waals surface area (Å²) in [6.07, 6.45) is 0.286. The van der Waals surface area contributed by atoms with Crippen molar-refractivity contribution < 1.29 is 4.74 Å². The standard InChI is InChI=1S/C17H25N3O/c1-13(2)21-10-9-20(4)12-15-11-14-7-5-6-8-16(14)19-17(15)18-3/h5-8,11,13H,9-10,12H2,1-4H3,(H,18,19). The molecule has 0 spiro atoms. The highest BCUT2D eigenvalue weighted by Crippen LogP contribution is 2.21. The average molecular weight is 287 g/mol. The van der Waals surface area contributed by atoms with Crippen LogP contribution in [0.3, 0.4) is 0 Å². The maximum Gasteiger partial charge on any atom is 0.130 e. The summed E-state index contributed by atoms with van der Waals surface area (Å²) >= 11 is 0. The highest BCUT2D eigenvalue weighted by molar-refractivity contribution is 5.81. The molecule has 0 saturated carbocycles. The molecule has 0 bridgehead atoms. The molecular weight excluding hydrogens is 262 g/mol. The maximum absolute atomic E-state index is 5.60. The number of fused-ring (bicyclic) bond motifs is 1. The second-order valence-electron chi connectivity index (χ2n) is 5.60. The van der Waals surface area contributed by atoms with Crippen LogP contribution in [0.2, 0.25) is 0 Å². The van der Waals surface area contributed by atoms with Crippen molar-refractivity contribution in [1.82, 2.24) is 9.88 Å². The van der Waals surface area contributed by atoms with Crippen molar-refractivity contribution in [3.63, 3.8) is 0 Å². The molecule has 0 aliphatic heterocycles. The van der Waals surface area contributed by atoms with Crippen LogP contribution in [0.5, 0.6) is 0 Å². The number of anilines is 1. The van der Waals surface area contributed by atoms with Gasteiger partial charge in [0, 0.05) is 31.1 Å². The molecule has 0 unspecified atom stereocenters. The number of hydrogen-bond acceptors (Lipinski definition) is 4. The van der Waals surface area contributed by atoms with Gasteiger partial charge in [-0.15, -0.1) is 0 Å². The first-order valence-electron chi connectivity index (χ1n) is 7.46. The third kappa shape index (κ3) is 4.41. The Morgan fingerprint density at radius 1 is 1.29 bits per heavy atom. The number of ether oxygens (including phenoxy) is 1. The van der Waals surface area contributed by atoms with Gasteiger partial charge in [0.25, 0.3) is 0 Å². The van der Waals surface area contributed by atoms with Gasteiger partial charge in [-0.2, -0.15) is 0 Å². The van der Waals surface area contributed by atoms with E-state index in [2.05, 4.69) is 48.2 Å². The topological polar surface area (TPSA) is 37.4 Å². The highest BCUT2D eigenvalue weighted by Gasteiger charge is 2.08. The lowest BCUT2D eigenvalue weighted by atomic mass is 10.1. The van der Waals surface area contributed by atoms with E-state index in [1.54, 1.807) is 0 Å². The Hall–Kier alpha value is -1.65. The minimum Gasteiger partial charge on any atom is -0.377 e. The van der Waals surface area contributed by atoms with Gasteiger partial charge in [0.05, 0.1) is 18.2 Å². The van der Waals surface area contributed by atoms with Crippen molar-refractivity contribution in [1.29, 1.82) is 0 Å². The van der Waals surface area contributed by atoms with E-state index in [0.717, 1.165) is 31.0 Å². The number of likely N-dealkylation sites (N-methyl/N-ethyl adjacent to an activating group) is 1. The van der Waals surface area contributed by atoms with Gasteiger partial charge in [0.2, 0.25) is 0 Å². The molecule has 1 heterocycles. The third-order valence-electron chi connectivity index (χ3n) is 3.40. The van der Waals surface area contributed by atoms with E-state index in [9.17, 15) is 0 Å². The van der Waals surface area contributed by atoms with Gasteiger partial charge in [0.15, 0.2) is 0 Å². The van der Waals surface area contributed by atoms with E-state index in [1.807, 2.05) is 25.2 Å². The summed E-state index contributed by atoms with van der Waals surface area (Å²) in [6.45, 7) is 6.65. The summed E-state index contributed by atoms with van der Waals surface area (Å²) in [4.78, 5) is 6.95. The lowest BCUT2D eigenvalue weighted by Crippen LogP contribution is -2.24. The number of pyridine rings is 1. The smallest absolute Gasteiger partial charge is 0.130 e. The van der Waals surface area contributed by atoms with Gasteiger partial charge >= 0.3 is 0 Å². The zero-order chi connectivity index (χ0) is 15.2. The fourth-order valence-electron chi connectivity index (χ4n) is 2.31. The Labute approximate surface area is 127 Å². The molecule has 1 aromatic carbocycles. The first-order chi connectivity index (χ1) is 10.1. The normalized spacial score (nSPS) is 11.5. The van der Waals surface area contributed by atoms with Crippen LogP contribution in [0.25, 0.3) is 10.9 Å². The van der Waals surface area contributed by atoms with Crippen molar-refractivity contribution in [2.75, 3.05) is 32.6 Å². The number of nitrogens with zero attached hydrogens (tertiary/aromatic N) is 2. The van der Waals surface area contributed by atoms with Crippen LogP contribution >= 0.6 is 0 Å². The molecule has 0 aliphatic rings. The molecule has 0 radical (unpaired) electrons. The summed E-state index contributed by atoms with van der Waals surface area (Å²) < 4.78 is 5.60. The second kappa shape index (κ2) is 7.38. The Morgan fingerprint density at radius 3 is 2.76 bits per heavy atom. The minimum absolute atomic E-state index is 0.286. The van der Waals surface area contributed by atoms with Crippen LogP contribution < -0.4 is 5.32 Å². The Balaban J connectivity index is 2.09. The van der Waals surface area contributed by atoms with Gasteiger partial charge < -0.3 is 10.1 Å². The summed E-state index contributed by atoms with van der Waals surface area (Å²) in [5.74, 6) is 0.949. The number of hydrogen-bond donors (Lipinski definition) is 1. The SMILES string of the molecule is CNc1nc2ccccc2cc1CN(C)CCOC(C)C. The van der Waals surface area contributed by atoms with E-state index in [1.165, 1.54) is 10.9 Å². The summed E-state index contributed by atoms with van der Waals surface area (Å²) in [5, 5.41) is 4.38. The zero-order valence-electron chi connectivity index (χ0n) is 13.4. The van der Waals surface area contributed by atoms with Crippen molar-refractivity contribution in [3.05, 3.63) is 35.9 Å². The third-order valence-corrected chi connectivity index (χ3v) is 3.40. The molecule has 0 fully saturated rings. The van der Waals surface area contributed by atoms with Gasteiger partial charge in [-0.25, -0.2) is 4.98 Å². The van der Waals surface area contributed by atoms with Crippen LogP contribution in [-0.2, 0) is 11.3 Å². The molecule has 114 valence electrons. The van der Waals surface area contributed by atoms with Crippen molar-refractivity contribution in [2.24, 2.45) is 0 Å². The molecule has 1 aromatic heterocycles. The minimum atomic E-state index is 0.286. The summed E-state index contributed by atoms with van der Waals surface area (Å²) in [7, 11) is 4.03. The Kier molecular flexibility index (Phi) is 5.53. The second-order valence-corrected chi connectivity index (χ2v) is 5.60. The first kappa shape index (κ1) is 15.7. The van der Waals surface area contributed by atoms with Crippen molar-refractivity contribution in [3.8, 4) is 0 Å². The van der Waals surface area contributed by atoms with Crippen LogP contribution in [0, 0.1) is 0 Å². The maximum atomic E-state index is 5.60. The van der Waals surface area contributed by atoms with E-state index in [0.29, 0.717) is 0 Å². The molecule has 0 saturated heterocycles. The van der Waals surface area contributed by atoms with Gasteiger partial charge in [-0.1, -0.05) is 18.2 Å². The van der Waals surface area contributed by atoms with Crippen LogP contribution in [-0.4, -0.2) is 43.2 Å². The van der Waals surface area contributed by atoms with Crippen molar-refractivity contribution >= 4 is 16.7 Å². The molecule has 1 N–H and O–H groups in total. The van der Waals surface area contributed by atoms with E-state index in [4.69, 9.17) is 4.74 Å². The Morgan fingerprint density at radius 2 is 2.05 bits per heavy atom. The fourth-order valence-corrected chi connectivity index (χ4v) is 2.31.